The maximum Gasteiger partial charge on any atom is 0.354 e. The first-order valence-corrected chi connectivity index (χ1v) is 5.60. The SMILES string of the molecule is CN(C)C(=O)NCCNc1nc(C(=O)O)ccc1N. The number of carboxylic acids is 1. The van der Waals surface area contributed by atoms with E-state index in [1.807, 2.05) is 0 Å². The molecule has 0 aromatic carbocycles. The highest BCUT2D eigenvalue weighted by Gasteiger charge is 2.08. The molecule has 0 bridgehead atoms. The first-order valence-electron chi connectivity index (χ1n) is 5.60. The fraction of sp³-hybridized carbons (Fsp3) is 0.364. The molecule has 0 radical (unpaired) electrons. The molecular formula is C11H17N5O3. The van der Waals surface area contributed by atoms with Crippen molar-refractivity contribution in [3.05, 3.63) is 17.8 Å². The Morgan fingerprint density at radius 3 is 2.63 bits per heavy atom. The van der Waals surface area contributed by atoms with E-state index in [-0.39, 0.29) is 11.7 Å². The van der Waals surface area contributed by atoms with Crippen molar-refractivity contribution in [3.8, 4) is 0 Å². The molecule has 1 rings (SSSR count). The number of anilines is 2. The smallest absolute Gasteiger partial charge is 0.354 e. The highest BCUT2D eigenvalue weighted by Crippen LogP contribution is 2.15. The minimum Gasteiger partial charge on any atom is -0.477 e. The second kappa shape index (κ2) is 6.43. The van der Waals surface area contributed by atoms with Crippen molar-refractivity contribution in [2.24, 2.45) is 0 Å². The van der Waals surface area contributed by atoms with E-state index >= 15 is 0 Å². The van der Waals surface area contributed by atoms with Gasteiger partial charge in [0, 0.05) is 27.2 Å². The van der Waals surface area contributed by atoms with E-state index in [9.17, 15) is 9.59 Å². The second-order valence-electron chi connectivity index (χ2n) is 3.99. The molecule has 1 aromatic heterocycles. The van der Waals surface area contributed by atoms with Crippen LogP contribution in [0.25, 0.3) is 0 Å². The van der Waals surface area contributed by atoms with Crippen molar-refractivity contribution in [1.82, 2.24) is 15.2 Å². The van der Waals surface area contributed by atoms with Crippen molar-refractivity contribution in [3.63, 3.8) is 0 Å². The molecule has 8 heteroatoms. The summed E-state index contributed by atoms with van der Waals surface area (Å²) in [6.45, 7) is 0.759. The molecule has 0 aliphatic rings. The molecule has 8 nitrogen and oxygen atoms in total. The summed E-state index contributed by atoms with van der Waals surface area (Å²) >= 11 is 0. The van der Waals surface area contributed by atoms with E-state index in [2.05, 4.69) is 15.6 Å². The van der Waals surface area contributed by atoms with Gasteiger partial charge in [0.2, 0.25) is 0 Å². The second-order valence-corrected chi connectivity index (χ2v) is 3.99. The molecular weight excluding hydrogens is 250 g/mol. The number of nitrogens with one attached hydrogen (secondary N) is 2. The monoisotopic (exact) mass is 267 g/mol. The van der Waals surface area contributed by atoms with Crippen LogP contribution in [-0.2, 0) is 0 Å². The lowest BCUT2D eigenvalue weighted by Gasteiger charge is -2.13. The van der Waals surface area contributed by atoms with Crippen molar-refractivity contribution >= 4 is 23.5 Å². The number of rotatable bonds is 5. The highest BCUT2D eigenvalue weighted by atomic mass is 16.4. The van der Waals surface area contributed by atoms with Gasteiger partial charge in [0.25, 0.3) is 0 Å². The van der Waals surface area contributed by atoms with Crippen LogP contribution in [0.2, 0.25) is 0 Å². The van der Waals surface area contributed by atoms with Crippen LogP contribution in [0.5, 0.6) is 0 Å². The molecule has 0 aliphatic carbocycles. The molecule has 0 fully saturated rings. The van der Waals surface area contributed by atoms with Gasteiger partial charge in [-0.15, -0.1) is 0 Å². The number of carboxylic acid groups (broad SMARTS) is 1. The zero-order chi connectivity index (χ0) is 14.4. The summed E-state index contributed by atoms with van der Waals surface area (Å²) in [7, 11) is 3.28. The molecule has 0 aliphatic heterocycles. The number of nitrogens with zero attached hydrogens (tertiary/aromatic N) is 2. The third-order valence-electron chi connectivity index (χ3n) is 2.25. The molecule has 0 saturated heterocycles. The standard InChI is InChI=1S/C11H17N5O3/c1-16(2)11(19)14-6-5-13-9-7(12)3-4-8(15-9)10(17)18/h3-4H,5-6,12H2,1-2H3,(H,13,15)(H,14,19)(H,17,18). The summed E-state index contributed by atoms with van der Waals surface area (Å²) in [6.07, 6.45) is 0. The summed E-state index contributed by atoms with van der Waals surface area (Å²) in [5.74, 6) is -0.831. The van der Waals surface area contributed by atoms with Crippen molar-refractivity contribution < 1.29 is 14.7 Å². The first-order chi connectivity index (χ1) is 8.91. The Morgan fingerprint density at radius 1 is 1.37 bits per heavy atom. The van der Waals surface area contributed by atoms with Crippen molar-refractivity contribution in [2.45, 2.75) is 0 Å². The number of hydrogen-bond donors (Lipinski definition) is 4. The van der Waals surface area contributed by atoms with Crippen LogP contribution in [0, 0.1) is 0 Å². The molecule has 0 saturated carbocycles. The lowest BCUT2D eigenvalue weighted by atomic mass is 10.3. The van der Waals surface area contributed by atoms with Crippen molar-refractivity contribution in [1.29, 1.82) is 0 Å². The van der Waals surface area contributed by atoms with Crippen molar-refractivity contribution in [2.75, 3.05) is 38.2 Å². The lowest BCUT2D eigenvalue weighted by Crippen LogP contribution is -2.37. The maximum atomic E-state index is 11.2. The van der Waals surface area contributed by atoms with Gasteiger partial charge in [0.15, 0.2) is 5.69 Å². The van der Waals surface area contributed by atoms with Gasteiger partial charge in [-0.05, 0) is 12.1 Å². The van der Waals surface area contributed by atoms with E-state index in [1.54, 1.807) is 14.1 Å². The number of hydrogen-bond acceptors (Lipinski definition) is 5. The Hall–Kier alpha value is -2.51. The van der Waals surface area contributed by atoms with E-state index < -0.39 is 5.97 Å². The third kappa shape index (κ3) is 4.34. The molecule has 0 atom stereocenters. The minimum absolute atomic E-state index is 0.0889. The molecule has 0 spiro atoms. The number of nitrogens with two attached hydrogens (primary N) is 1. The Kier molecular flexibility index (Phi) is 4.92. The van der Waals surface area contributed by atoms with Crippen LogP contribution < -0.4 is 16.4 Å². The van der Waals surface area contributed by atoms with Gasteiger partial charge in [0.05, 0.1) is 5.69 Å². The number of amides is 2. The van der Waals surface area contributed by atoms with E-state index in [0.29, 0.717) is 24.6 Å². The van der Waals surface area contributed by atoms with Crippen LogP contribution in [0.15, 0.2) is 12.1 Å². The Balaban J connectivity index is 2.51. The van der Waals surface area contributed by atoms with Gasteiger partial charge in [-0.25, -0.2) is 14.6 Å². The van der Waals surface area contributed by atoms with E-state index in [1.165, 1.54) is 17.0 Å². The molecule has 19 heavy (non-hydrogen) atoms. The van der Waals surface area contributed by atoms with E-state index in [4.69, 9.17) is 10.8 Å². The summed E-state index contributed by atoms with van der Waals surface area (Å²) in [6, 6.07) is 2.59. The molecule has 0 unspecified atom stereocenters. The Morgan fingerprint density at radius 2 is 2.05 bits per heavy atom. The van der Waals surface area contributed by atoms with E-state index in [0.717, 1.165) is 0 Å². The fourth-order valence-electron chi connectivity index (χ4n) is 1.24. The number of carbonyl (C=O) groups excluding carboxylic acids is 1. The number of urea groups is 1. The maximum absolute atomic E-state index is 11.2. The number of aromatic carboxylic acids is 1. The predicted molar refractivity (Wildman–Crippen MR) is 71.2 cm³/mol. The van der Waals surface area contributed by atoms with Crippen LogP contribution in [0.1, 0.15) is 10.5 Å². The topological polar surface area (TPSA) is 121 Å². The lowest BCUT2D eigenvalue weighted by molar-refractivity contribution is 0.0690. The number of carbonyl (C=O) groups is 2. The van der Waals surface area contributed by atoms with Gasteiger partial charge >= 0.3 is 12.0 Å². The van der Waals surface area contributed by atoms with Gasteiger partial charge in [0.1, 0.15) is 5.82 Å². The summed E-state index contributed by atoms with van der Waals surface area (Å²) in [5.41, 5.74) is 5.93. The van der Waals surface area contributed by atoms with Crippen LogP contribution >= 0.6 is 0 Å². The summed E-state index contributed by atoms with van der Waals surface area (Å²) in [5, 5.41) is 14.3. The minimum atomic E-state index is -1.12. The Bertz CT molecular complexity index is 475. The quantitative estimate of drug-likeness (QED) is 0.559. The first kappa shape index (κ1) is 14.6. The zero-order valence-electron chi connectivity index (χ0n) is 10.8. The molecule has 104 valence electrons. The van der Waals surface area contributed by atoms with Crippen LogP contribution in [-0.4, -0.2) is 54.2 Å². The molecule has 2 amide bonds. The summed E-state index contributed by atoms with van der Waals surface area (Å²) < 4.78 is 0. The van der Waals surface area contributed by atoms with Gasteiger partial charge in [-0.3, -0.25) is 0 Å². The van der Waals surface area contributed by atoms with Crippen LogP contribution in [0.4, 0.5) is 16.3 Å². The fourth-order valence-corrected chi connectivity index (χ4v) is 1.24. The molecule has 5 N–H and O–H groups in total. The molecule has 1 aromatic rings. The average Bonchev–Trinajstić information content (AvgIpc) is 2.35. The van der Waals surface area contributed by atoms with Gasteiger partial charge in [-0.1, -0.05) is 0 Å². The number of aromatic nitrogens is 1. The third-order valence-corrected chi connectivity index (χ3v) is 2.25. The normalized spacial score (nSPS) is 9.79. The van der Waals surface area contributed by atoms with Gasteiger partial charge < -0.3 is 26.4 Å². The highest BCUT2D eigenvalue weighted by molar-refractivity contribution is 5.86. The summed E-state index contributed by atoms with van der Waals surface area (Å²) in [4.78, 5) is 27.3. The predicted octanol–water partition coefficient (Wildman–Crippen LogP) is 0.0451. The molecule has 1 heterocycles. The Labute approximate surface area is 110 Å². The van der Waals surface area contributed by atoms with Crippen LogP contribution in [0.3, 0.4) is 0 Å². The zero-order valence-corrected chi connectivity index (χ0v) is 10.8. The largest absolute Gasteiger partial charge is 0.477 e. The number of nitrogen functional groups attached to an aromatic ring is 1. The van der Waals surface area contributed by atoms with Gasteiger partial charge in [-0.2, -0.15) is 0 Å². The average molecular weight is 267 g/mol. The number of pyridine rings is 1.